The number of methoxy groups -OCH3 is 1. The number of nitrogens with one attached hydrogen (secondary N) is 2. The maximum atomic E-state index is 8.90. The van der Waals surface area contributed by atoms with E-state index in [-0.39, 0.29) is 0 Å². The standard InChI is InChI=1S/C14H15N5O/c1-9-13(16-2)17-8-18-14(9)19-11-5-4-10(7-15)6-12(11)20-3/h4-6,8H,1-3H3,(H2,16,17,18,19). The van der Waals surface area contributed by atoms with E-state index in [0.717, 1.165) is 17.1 Å². The van der Waals surface area contributed by atoms with E-state index in [1.165, 1.54) is 6.33 Å². The molecule has 1 aromatic carbocycles. The van der Waals surface area contributed by atoms with Crippen molar-refractivity contribution in [2.24, 2.45) is 0 Å². The van der Waals surface area contributed by atoms with E-state index in [0.29, 0.717) is 17.1 Å². The van der Waals surface area contributed by atoms with E-state index in [1.807, 2.05) is 6.92 Å². The molecule has 2 rings (SSSR count). The van der Waals surface area contributed by atoms with E-state index in [1.54, 1.807) is 32.4 Å². The quantitative estimate of drug-likeness (QED) is 0.887. The van der Waals surface area contributed by atoms with E-state index < -0.39 is 0 Å². The number of nitrogens with zero attached hydrogens (tertiary/aromatic N) is 3. The molecule has 0 amide bonds. The normalized spacial score (nSPS) is 9.70. The van der Waals surface area contributed by atoms with Gasteiger partial charge in [0.25, 0.3) is 0 Å². The Kier molecular flexibility index (Phi) is 4.01. The number of nitriles is 1. The smallest absolute Gasteiger partial charge is 0.143 e. The lowest BCUT2D eigenvalue weighted by Gasteiger charge is -2.13. The third kappa shape index (κ3) is 2.62. The van der Waals surface area contributed by atoms with Crippen LogP contribution in [0.25, 0.3) is 0 Å². The summed E-state index contributed by atoms with van der Waals surface area (Å²) in [6, 6.07) is 7.27. The lowest BCUT2D eigenvalue weighted by atomic mass is 10.2. The molecule has 0 fully saturated rings. The number of ether oxygens (including phenoxy) is 1. The summed E-state index contributed by atoms with van der Waals surface area (Å²) in [6.45, 7) is 1.92. The van der Waals surface area contributed by atoms with Crippen molar-refractivity contribution in [3.63, 3.8) is 0 Å². The third-order valence-corrected chi connectivity index (χ3v) is 2.90. The van der Waals surface area contributed by atoms with Gasteiger partial charge in [0, 0.05) is 18.7 Å². The number of rotatable bonds is 4. The Morgan fingerprint density at radius 2 is 2.00 bits per heavy atom. The summed E-state index contributed by atoms with van der Waals surface area (Å²) in [4.78, 5) is 8.35. The Morgan fingerprint density at radius 3 is 2.65 bits per heavy atom. The van der Waals surface area contributed by atoms with Crippen LogP contribution in [0, 0.1) is 18.3 Å². The van der Waals surface area contributed by atoms with Crippen LogP contribution >= 0.6 is 0 Å². The molecular weight excluding hydrogens is 254 g/mol. The summed E-state index contributed by atoms with van der Waals surface area (Å²) in [7, 11) is 3.37. The molecular formula is C14H15N5O. The number of hydrogen-bond donors (Lipinski definition) is 2. The molecule has 0 saturated carbocycles. The van der Waals surface area contributed by atoms with Crippen molar-refractivity contribution in [3.8, 4) is 11.8 Å². The topological polar surface area (TPSA) is 82.9 Å². The molecule has 0 bridgehead atoms. The van der Waals surface area contributed by atoms with Crippen molar-refractivity contribution in [2.45, 2.75) is 6.92 Å². The van der Waals surface area contributed by atoms with Gasteiger partial charge in [0.05, 0.1) is 24.4 Å². The van der Waals surface area contributed by atoms with Gasteiger partial charge in [-0.1, -0.05) is 0 Å². The number of anilines is 3. The maximum Gasteiger partial charge on any atom is 0.143 e. The van der Waals surface area contributed by atoms with Gasteiger partial charge in [-0.25, -0.2) is 9.97 Å². The first kappa shape index (κ1) is 13.6. The van der Waals surface area contributed by atoms with Gasteiger partial charge in [0.1, 0.15) is 23.7 Å². The SMILES string of the molecule is CNc1ncnc(Nc2ccc(C#N)cc2OC)c1C. The van der Waals surface area contributed by atoms with Crippen LogP contribution in [-0.2, 0) is 0 Å². The highest BCUT2D eigenvalue weighted by molar-refractivity contribution is 5.69. The fourth-order valence-corrected chi connectivity index (χ4v) is 1.82. The monoisotopic (exact) mass is 269 g/mol. The highest BCUT2D eigenvalue weighted by Crippen LogP contribution is 2.29. The lowest BCUT2D eigenvalue weighted by molar-refractivity contribution is 0.416. The van der Waals surface area contributed by atoms with Crippen LogP contribution in [0.2, 0.25) is 0 Å². The first-order chi connectivity index (χ1) is 9.69. The van der Waals surface area contributed by atoms with Crippen LogP contribution in [0.3, 0.4) is 0 Å². The van der Waals surface area contributed by atoms with Gasteiger partial charge in [0.15, 0.2) is 0 Å². The average Bonchev–Trinajstić information content (AvgIpc) is 2.49. The van der Waals surface area contributed by atoms with Crippen molar-refractivity contribution in [1.29, 1.82) is 5.26 Å². The minimum Gasteiger partial charge on any atom is -0.495 e. The number of hydrogen-bond acceptors (Lipinski definition) is 6. The van der Waals surface area contributed by atoms with E-state index in [9.17, 15) is 0 Å². The first-order valence-corrected chi connectivity index (χ1v) is 6.04. The average molecular weight is 269 g/mol. The molecule has 102 valence electrons. The second-order valence-electron chi connectivity index (χ2n) is 4.10. The molecule has 20 heavy (non-hydrogen) atoms. The molecule has 6 nitrogen and oxygen atoms in total. The predicted molar refractivity (Wildman–Crippen MR) is 77.3 cm³/mol. The van der Waals surface area contributed by atoms with Crippen molar-refractivity contribution in [1.82, 2.24) is 9.97 Å². The zero-order valence-corrected chi connectivity index (χ0v) is 11.6. The fourth-order valence-electron chi connectivity index (χ4n) is 1.82. The largest absolute Gasteiger partial charge is 0.495 e. The maximum absolute atomic E-state index is 8.90. The zero-order valence-electron chi connectivity index (χ0n) is 11.6. The minimum atomic E-state index is 0.544. The molecule has 0 aliphatic rings. The Hall–Kier alpha value is -2.81. The molecule has 0 radical (unpaired) electrons. The second-order valence-corrected chi connectivity index (χ2v) is 4.10. The number of aromatic nitrogens is 2. The highest BCUT2D eigenvalue weighted by atomic mass is 16.5. The predicted octanol–water partition coefficient (Wildman–Crippen LogP) is 2.45. The van der Waals surface area contributed by atoms with Gasteiger partial charge in [-0.05, 0) is 19.1 Å². The molecule has 2 aromatic rings. The van der Waals surface area contributed by atoms with Gasteiger partial charge >= 0.3 is 0 Å². The van der Waals surface area contributed by atoms with Crippen LogP contribution in [-0.4, -0.2) is 24.1 Å². The Morgan fingerprint density at radius 1 is 1.25 bits per heavy atom. The van der Waals surface area contributed by atoms with Gasteiger partial charge in [-0.3, -0.25) is 0 Å². The lowest BCUT2D eigenvalue weighted by Crippen LogP contribution is -2.03. The van der Waals surface area contributed by atoms with Crippen LogP contribution < -0.4 is 15.4 Å². The molecule has 0 aliphatic carbocycles. The van der Waals surface area contributed by atoms with E-state index in [2.05, 4.69) is 26.7 Å². The fraction of sp³-hybridized carbons (Fsp3) is 0.214. The van der Waals surface area contributed by atoms with Gasteiger partial charge in [0.2, 0.25) is 0 Å². The number of benzene rings is 1. The summed E-state index contributed by atoms with van der Waals surface area (Å²) >= 11 is 0. The molecule has 1 heterocycles. The van der Waals surface area contributed by atoms with Gasteiger partial charge in [-0.2, -0.15) is 5.26 Å². The Labute approximate surface area is 117 Å². The summed E-state index contributed by atoms with van der Waals surface area (Å²) in [5.74, 6) is 2.04. The summed E-state index contributed by atoms with van der Waals surface area (Å²) < 4.78 is 5.28. The Bertz CT molecular complexity index is 663. The third-order valence-electron chi connectivity index (χ3n) is 2.90. The van der Waals surface area contributed by atoms with Crippen LogP contribution in [0.5, 0.6) is 5.75 Å². The van der Waals surface area contributed by atoms with E-state index >= 15 is 0 Å². The molecule has 0 spiro atoms. The summed E-state index contributed by atoms with van der Waals surface area (Å²) in [6.07, 6.45) is 1.48. The van der Waals surface area contributed by atoms with Gasteiger partial charge < -0.3 is 15.4 Å². The van der Waals surface area contributed by atoms with Crippen molar-refractivity contribution >= 4 is 17.3 Å². The second kappa shape index (κ2) is 5.89. The molecule has 0 aliphatic heterocycles. The zero-order chi connectivity index (χ0) is 14.5. The molecule has 1 aromatic heterocycles. The summed E-state index contributed by atoms with van der Waals surface area (Å²) in [5.41, 5.74) is 2.19. The highest BCUT2D eigenvalue weighted by Gasteiger charge is 2.09. The van der Waals surface area contributed by atoms with Crippen molar-refractivity contribution in [3.05, 3.63) is 35.7 Å². The van der Waals surface area contributed by atoms with Gasteiger partial charge in [-0.15, -0.1) is 0 Å². The van der Waals surface area contributed by atoms with Crippen LogP contribution in [0.1, 0.15) is 11.1 Å². The summed E-state index contributed by atoms with van der Waals surface area (Å²) in [5, 5.41) is 15.1. The Balaban J connectivity index is 2.38. The molecule has 2 N–H and O–H groups in total. The van der Waals surface area contributed by atoms with Crippen LogP contribution in [0.4, 0.5) is 17.3 Å². The van der Waals surface area contributed by atoms with E-state index in [4.69, 9.17) is 10.00 Å². The van der Waals surface area contributed by atoms with Crippen molar-refractivity contribution in [2.75, 3.05) is 24.8 Å². The molecule has 0 atom stereocenters. The minimum absolute atomic E-state index is 0.544. The first-order valence-electron chi connectivity index (χ1n) is 6.04. The van der Waals surface area contributed by atoms with Crippen LogP contribution in [0.15, 0.2) is 24.5 Å². The van der Waals surface area contributed by atoms with Crippen molar-refractivity contribution < 1.29 is 4.74 Å². The molecule has 6 heteroatoms. The molecule has 0 saturated heterocycles. The molecule has 0 unspecified atom stereocenters.